The summed E-state index contributed by atoms with van der Waals surface area (Å²) in [5.74, 6) is 0. The summed E-state index contributed by atoms with van der Waals surface area (Å²) in [6.07, 6.45) is 0. The second-order valence-electron chi connectivity index (χ2n) is 3.88. The van der Waals surface area contributed by atoms with Gasteiger partial charge in [0.05, 0.1) is 15.6 Å². The molecule has 0 bridgehead atoms. The fraction of sp³-hybridized carbons (Fsp3) is 0.417. The van der Waals surface area contributed by atoms with Gasteiger partial charge in [0.1, 0.15) is 0 Å². The average Bonchev–Trinajstić information content (AvgIpc) is 2.61. The van der Waals surface area contributed by atoms with Gasteiger partial charge in [-0.2, -0.15) is 0 Å². The van der Waals surface area contributed by atoms with Crippen molar-refractivity contribution in [1.82, 2.24) is 4.98 Å². The van der Waals surface area contributed by atoms with Crippen molar-refractivity contribution in [3.63, 3.8) is 0 Å². The molecule has 0 saturated heterocycles. The van der Waals surface area contributed by atoms with Crippen molar-refractivity contribution in [3.8, 4) is 9.75 Å². The van der Waals surface area contributed by atoms with Crippen LogP contribution in [0.15, 0.2) is 0 Å². The van der Waals surface area contributed by atoms with E-state index in [9.17, 15) is 0 Å². The molecule has 2 heterocycles. The highest BCUT2D eigenvalue weighted by Gasteiger charge is 2.15. The highest BCUT2D eigenvalue weighted by molar-refractivity contribution is 7.22. The van der Waals surface area contributed by atoms with Gasteiger partial charge in [0.2, 0.25) is 0 Å². The Bertz CT molecular complexity index is 506. The highest BCUT2D eigenvalue weighted by atomic mass is 32.1. The third-order valence-corrected chi connectivity index (χ3v) is 5.34. The predicted molar refractivity (Wildman–Crippen MR) is 69.1 cm³/mol. The van der Waals surface area contributed by atoms with E-state index in [1.54, 1.807) is 11.3 Å². The van der Waals surface area contributed by atoms with Gasteiger partial charge in [0.15, 0.2) is 0 Å². The summed E-state index contributed by atoms with van der Waals surface area (Å²) in [7, 11) is 0. The number of nitrogens with zero attached hydrogens (tertiary/aromatic N) is 1. The molecule has 3 heteroatoms. The minimum Gasteiger partial charge on any atom is -0.246 e. The lowest BCUT2D eigenvalue weighted by Gasteiger charge is -1.96. The lowest BCUT2D eigenvalue weighted by Crippen LogP contribution is -1.78. The van der Waals surface area contributed by atoms with Crippen LogP contribution in [-0.2, 0) is 0 Å². The van der Waals surface area contributed by atoms with Crippen molar-refractivity contribution < 1.29 is 0 Å². The van der Waals surface area contributed by atoms with Crippen LogP contribution in [0.3, 0.4) is 0 Å². The topological polar surface area (TPSA) is 12.9 Å². The van der Waals surface area contributed by atoms with Crippen LogP contribution in [0, 0.1) is 34.6 Å². The predicted octanol–water partition coefficient (Wildman–Crippen LogP) is 4.41. The largest absolute Gasteiger partial charge is 0.246 e. The molecule has 2 rings (SSSR count). The highest BCUT2D eigenvalue weighted by Crippen LogP contribution is 2.39. The summed E-state index contributed by atoms with van der Waals surface area (Å²) in [6, 6.07) is 0. The van der Waals surface area contributed by atoms with E-state index in [-0.39, 0.29) is 0 Å². The van der Waals surface area contributed by atoms with Gasteiger partial charge in [-0.3, -0.25) is 0 Å². The SMILES string of the molecule is Cc1nc(C)c(-c2sc(C)c(C)c2C)s1. The molecule has 0 fully saturated rings. The Morgan fingerprint density at radius 2 is 1.47 bits per heavy atom. The lowest BCUT2D eigenvalue weighted by molar-refractivity contribution is 1.20. The zero-order valence-corrected chi connectivity index (χ0v) is 11.4. The zero-order valence-electron chi connectivity index (χ0n) is 9.76. The molecule has 0 amide bonds. The maximum Gasteiger partial charge on any atom is 0.0904 e. The molecule has 0 saturated carbocycles. The standard InChI is InChI=1S/C12H15NS2/c1-6-7(2)11(14-9(6)4)12-8(3)13-10(5)15-12/h1-5H3. The first-order valence-electron chi connectivity index (χ1n) is 5.01. The van der Waals surface area contributed by atoms with Gasteiger partial charge in [-0.15, -0.1) is 22.7 Å². The van der Waals surface area contributed by atoms with Crippen molar-refractivity contribution in [2.45, 2.75) is 34.6 Å². The molecule has 2 aromatic heterocycles. The molecule has 0 atom stereocenters. The number of rotatable bonds is 1. The summed E-state index contributed by atoms with van der Waals surface area (Å²) in [5, 5.41) is 1.16. The van der Waals surface area contributed by atoms with Crippen LogP contribution in [0.5, 0.6) is 0 Å². The molecule has 0 N–H and O–H groups in total. The van der Waals surface area contributed by atoms with E-state index in [2.05, 4.69) is 39.6 Å². The Morgan fingerprint density at radius 3 is 1.87 bits per heavy atom. The summed E-state index contributed by atoms with van der Waals surface area (Å²) in [4.78, 5) is 8.68. The molecule has 0 aliphatic heterocycles. The summed E-state index contributed by atoms with van der Waals surface area (Å²) in [6.45, 7) is 10.8. The first-order valence-corrected chi connectivity index (χ1v) is 6.65. The summed E-state index contributed by atoms with van der Waals surface area (Å²) < 4.78 is 0. The van der Waals surface area contributed by atoms with Crippen LogP contribution >= 0.6 is 22.7 Å². The Balaban J connectivity index is 2.64. The van der Waals surface area contributed by atoms with Gasteiger partial charge in [-0.05, 0) is 45.7 Å². The molecule has 2 aromatic rings. The van der Waals surface area contributed by atoms with E-state index in [0.717, 1.165) is 5.01 Å². The monoisotopic (exact) mass is 237 g/mol. The Kier molecular flexibility index (Phi) is 2.69. The van der Waals surface area contributed by atoms with Crippen LogP contribution in [-0.4, -0.2) is 4.98 Å². The smallest absolute Gasteiger partial charge is 0.0904 e. The first-order chi connectivity index (χ1) is 7.00. The normalized spacial score (nSPS) is 11.0. The molecular formula is C12H15NS2. The fourth-order valence-electron chi connectivity index (χ4n) is 1.70. The van der Waals surface area contributed by atoms with Gasteiger partial charge in [0, 0.05) is 9.75 Å². The number of aryl methyl sites for hydroxylation is 3. The second kappa shape index (κ2) is 3.72. The molecule has 0 spiro atoms. The van der Waals surface area contributed by atoms with E-state index >= 15 is 0 Å². The van der Waals surface area contributed by atoms with Crippen LogP contribution in [0.4, 0.5) is 0 Å². The number of hydrogen-bond acceptors (Lipinski definition) is 3. The van der Waals surface area contributed by atoms with Crippen LogP contribution < -0.4 is 0 Å². The minimum atomic E-state index is 1.16. The van der Waals surface area contributed by atoms with Crippen molar-refractivity contribution in [2.24, 2.45) is 0 Å². The number of thiophene rings is 1. The van der Waals surface area contributed by atoms with Crippen LogP contribution in [0.2, 0.25) is 0 Å². The molecular weight excluding hydrogens is 222 g/mol. The molecule has 0 radical (unpaired) electrons. The summed E-state index contributed by atoms with van der Waals surface area (Å²) >= 11 is 3.69. The van der Waals surface area contributed by atoms with Crippen molar-refractivity contribution >= 4 is 22.7 Å². The maximum atomic E-state index is 4.49. The quantitative estimate of drug-likeness (QED) is 0.715. The molecule has 0 aliphatic rings. The number of thiazole rings is 1. The lowest BCUT2D eigenvalue weighted by atomic mass is 10.1. The average molecular weight is 237 g/mol. The summed E-state index contributed by atoms with van der Waals surface area (Å²) in [5.41, 5.74) is 4.02. The Hall–Kier alpha value is -0.670. The molecule has 0 unspecified atom stereocenters. The molecule has 80 valence electrons. The van der Waals surface area contributed by atoms with Gasteiger partial charge in [0.25, 0.3) is 0 Å². The van der Waals surface area contributed by atoms with Crippen molar-refractivity contribution in [3.05, 3.63) is 26.7 Å². The van der Waals surface area contributed by atoms with E-state index < -0.39 is 0 Å². The van der Waals surface area contributed by atoms with Crippen molar-refractivity contribution in [1.29, 1.82) is 0 Å². The van der Waals surface area contributed by atoms with Gasteiger partial charge in [-0.25, -0.2) is 4.98 Å². The Labute approximate surface area is 98.8 Å². The fourth-order valence-corrected chi connectivity index (χ4v) is 4.03. The van der Waals surface area contributed by atoms with Gasteiger partial charge < -0.3 is 0 Å². The zero-order chi connectivity index (χ0) is 11.2. The Morgan fingerprint density at radius 1 is 0.800 bits per heavy atom. The minimum absolute atomic E-state index is 1.16. The first kappa shape index (κ1) is 10.8. The molecule has 0 aromatic carbocycles. The van der Waals surface area contributed by atoms with E-state index in [4.69, 9.17) is 0 Å². The molecule has 1 nitrogen and oxygen atoms in total. The third-order valence-electron chi connectivity index (χ3n) is 2.80. The van der Waals surface area contributed by atoms with Crippen LogP contribution in [0.1, 0.15) is 26.7 Å². The van der Waals surface area contributed by atoms with E-state index in [1.165, 1.54) is 31.5 Å². The van der Waals surface area contributed by atoms with Gasteiger partial charge >= 0.3 is 0 Å². The molecule has 0 aliphatic carbocycles. The van der Waals surface area contributed by atoms with E-state index in [1.807, 2.05) is 11.3 Å². The van der Waals surface area contributed by atoms with Crippen LogP contribution in [0.25, 0.3) is 9.75 Å². The maximum absolute atomic E-state index is 4.49. The van der Waals surface area contributed by atoms with Gasteiger partial charge in [-0.1, -0.05) is 0 Å². The second-order valence-corrected chi connectivity index (χ2v) is 6.31. The third kappa shape index (κ3) is 1.74. The number of hydrogen-bond donors (Lipinski definition) is 0. The van der Waals surface area contributed by atoms with Crippen molar-refractivity contribution in [2.75, 3.05) is 0 Å². The number of aromatic nitrogens is 1. The molecule has 15 heavy (non-hydrogen) atoms. The van der Waals surface area contributed by atoms with E-state index in [0.29, 0.717) is 0 Å².